The molecule has 0 saturated carbocycles. The predicted molar refractivity (Wildman–Crippen MR) is 105 cm³/mol. The first kappa shape index (κ1) is 19.0. The molecule has 5 nitrogen and oxygen atoms in total. The van der Waals surface area contributed by atoms with Crippen LogP contribution < -0.4 is 10.1 Å². The van der Waals surface area contributed by atoms with Crippen molar-refractivity contribution in [3.63, 3.8) is 0 Å². The molecule has 5 heteroatoms. The fraction of sp³-hybridized carbons (Fsp3) is 0.318. The second-order valence-corrected chi connectivity index (χ2v) is 6.32. The number of para-hydroxylation sites is 2. The molecule has 0 bridgehead atoms. The van der Waals surface area contributed by atoms with Gasteiger partial charge in [-0.05, 0) is 39.0 Å². The van der Waals surface area contributed by atoms with Crippen LogP contribution in [0.15, 0.2) is 52.9 Å². The van der Waals surface area contributed by atoms with Gasteiger partial charge in [0, 0.05) is 17.6 Å². The van der Waals surface area contributed by atoms with E-state index in [1.165, 1.54) is 0 Å². The molecule has 142 valence electrons. The van der Waals surface area contributed by atoms with Crippen molar-refractivity contribution in [1.82, 2.24) is 5.32 Å². The highest BCUT2D eigenvalue weighted by molar-refractivity contribution is 5.97. The number of rotatable bonds is 8. The van der Waals surface area contributed by atoms with Gasteiger partial charge in [-0.2, -0.15) is 0 Å². The summed E-state index contributed by atoms with van der Waals surface area (Å²) in [5.74, 6) is 1.11. The average molecular weight is 367 g/mol. The summed E-state index contributed by atoms with van der Waals surface area (Å²) in [4.78, 5) is 12.8. The predicted octanol–water partition coefficient (Wildman–Crippen LogP) is 4.65. The number of nitrogens with one attached hydrogen (secondary N) is 1. The summed E-state index contributed by atoms with van der Waals surface area (Å²) in [6.07, 6.45) is 0. The first-order valence-electron chi connectivity index (χ1n) is 9.20. The Kier molecular flexibility index (Phi) is 6.14. The van der Waals surface area contributed by atoms with Crippen molar-refractivity contribution in [2.45, 2.75) is 26.8 Å². The molecule has 1 heterocycles. The lowest BCUT2D eigenvalue weighted by Gasteiger charge is -2.15. The van der Waals surface area contributed by atoms with Crippen molar-refractivity contribution < 1.29 is 18.7 Å². The Morgan fingerprint density at radius 1 is 1.11 bits per heavy atom. The number of benzene rings is 2. The van der Waals surface area contributed by atoms with Crippen LogP contribution in [0, 0.1) is 6.92 Å². The lowest BCUT2D eigenvalue weighted by molar-refractivity contribution is 0.0919. The third-order valence-electron chi connectivity index (χ3n) is 4.44. The molecule has 0 aliphatic carbocycles. The highest BCUT2D eigenvalue weighted by atomic mass is 16.5. The van der Waals surface area contributed by atoms with Crippen LogP contribution in [0.25, 0.3) is 11.0 Å². The monoisotopic (exact) mass is 367 g/mol. The second kappa shape index (κ2) is 8.73. The number of ether oxygens (including phenoxy) is 2. The van der Waals surface area contributed by atoms with E-state index < -0.39 is 0 Å². The molecule has 1 aromatic heterocycles. The van der Waals surface area contributed by atoms with Gasteiger partial charge in [0.1, 0.15) is 23.7 Å². The van der Waals surface area contributed by atoms with Crippen LogP contribution in [-0.2, 0) is 4.74 Å². The SMILES string of the molecule is CCOCCOc1ccccc1C(=O)NC(C)c1oc2ccccc2c1C. The number of fused-ring (bicyclic) bond motifs is 1. The second-order valence-electron chi connectivity index (χ2n) is 6.32. The maximum Gasteiger partial charge on any atom is 0.255 e. The van der Waals surface area contributed by atoms with E-state index in [4.69, 9.17) is 13.9 Å². The lowest BCUT2D eigenvalue weighted by atomic mass is 10.1. The van der Waals surface area contributed by atoms with E-state index in [-0.39, 0.29) is 11.9 Å². The number of amides is 1. The number of furan rings is 1. The summed E-state index contributed by atoms with van der Waals surface area (Å²) in [5.41, 5.74) is 2.36. The average Bonchev–Trinajstić information content (AvgIpc) is 3.02. The van der Waals surface area contributed by atoms with Crippen LogP contribution in [0.4, 0.5) is 0 Å². The zero-order valence-electron chi connectivity index (χ0n) is 16.0. The Morgan fingerprint density at radius 2 is 1.85 bits per heavy atom. The lowest BCUT2D eigenvalue weighted by Crippen LogP contribution is -2.27. The Hall–Kier alpha value is -2.79. The summed E-state index contributed by atoms with van der Waals surface area (Å²) in [5, 5.41) is 4.08. The minimum atomic E-state index is -0.263. The largest absolute Gasteiger partial charge is 0.490 e. The zero-order chi connectivity index (χ0) is 19.2. The number of carbonyl (C=O) groups excluding carboxylic acids is 1. The number of hydrogen-bond donors (Lipinski definition) is 1. The molecule has 0 aliphatic heterocycles. The van der Waals surface area contributed by atoms with E-state index >= 15 is 0 Å². The van der Waals surface area contributed by atoms with Gasteiger partial charge >= 0.3 is 0 Å². The number of aryl methyl sites for hydroxylation is 1. The van der Waals surface area contributed by atoms with Gasteiger partial charge < -0.3 is 19.2 Å². The molecule has 1 amide bonds. The maximum absolute atomic E-state index is 12.8. The van der Waals surface area contributed by atoms with Crippen LogP contribution in [0.1, 0.15) is 41.6 Å². The first-order chi connectivity index (χ1) is 13.1. The molecular weight excluding hydrogens is 342 g/mol. The van der Waals surface area contributed by atoms with Crippen molar-refractivity contribution in [2.75, 3.05) is 19.8 Å². The molecule has 1 N–H and O–H groups in total. The summed E-state index contributed by atoms with van der Waals surface area (Å²) in [7, 11) is 0. The number of carbonyl (C=O) groups is 1. The van der Waals surface area contributed by atoms with Gasteiger partial charge in [-0.15, -0.1) is 0 Å². The minimum absolute atomic E-state index is 0.200. The van der Waals surface area contributed by atoms with Crippen molar-refractivity contribution in [3.05, 3.63) is 65.4 Å². The van der Waals surface area contributed by atoms with Crippen molar-refractivity contribution in [3.8, 4) is 5.75 Å². The first-order valence-corrected chi connectivity index (χ1v) is 9.20. The molecule has 0 saturated heterocycles. The number of hydrogen-bond acceptors (Lipinski definition) is 4. The molecule has 0 spiro atoms. The molecule has 0 fully saturated rings. The minimum Gasteiger partial charge on any atom is -0.490 e. The van der Waals surface area contributed by atoms with Gasteiger partial charge in [-0.25, -0.2) is 0 Å². The van der Waals surface area contributed by atoms with E-state index in [0.29, 0.717) is 31.1 Å². The smallest absolute Gasteiger partial charge is 0.255 e. The van der Waals surface area contributed by atoms with E-state index in [1.54, 1.807) is 12.1 Å². The molecule has 1 unspecified atom stereocenters. The summed E-state index contributed by atoms with van der Waals surface area (Å²) in [6.45, 7) is 7.38. The zero-order valence-corrected chi connectivity index (χ0v) is 16.0. The summed E-state index contributed by atoms with van der Waals surface area (Å²) in [6, 6.07) is 14.8. The Labute approximate surface area is 159 Å². The van der Waals surface area contributed by atoms with Gasteiger partial charge in [0.2, 0.25) is 0 Å². The van der Waals surface area contributed by atoms with Crippen LogP contribution in [0.3, 0.4) is 0 Å². The Balaban J connectivity index is 1.73. The highest BCUT2D eigenvalue weighted by Crippen LogP contribution is 2.29. The molecule has 27 heavy (non-hydrogen) atoms. The highest BCUT2D eigenvalue weighted by Gasteiger charge is 2.20. The van der Waals surface area contributed by atoms with Crippen LogP contribution in [0.2, 0.25) is 0 Å². The van der Waals surface area contributed by atoms with Crippen LogP contribution in [0.5, 0.6) is 5.75 Å². The van der Waals surface area contributed by atoms with Crippen molar-refractivity contribution in [1.29, 1.82) is 0 Å². The summed E-state index contributed by atoms with van der Waals surface area (Å²) < 4.78 is 16.9. The van der Waals surface area contributed by atoms with Gasteiger partial charge in [-0.3, -0.25) is 4.79 Å². The molecule has 2 aromatic carbocycles. The molecule has 1 atom stereocenters. The van der Waals surface area contributed by atoms with Gasteiger partial charge in [0.15, 0.2) is 0 Å². The van der Waals surface area contributed by atoms with Crippen LogP contribution in [-0.4, -0.2) is 25.7 Å². The van der Waals surface area contributed by atoms with E-state index in [1.807, 2.05) is 57.2 Å². The van der Waals surface area contributed by atoms with Crippen molar-refractivity contribution >= 4 is 16.9 Å². The summed E-state index contributed by atoms with van der Waals surface area (Å²) >= 11 is 0. The van der Waals surface area contributed by atoms with Crippen LogP contribution >= 0.6 is 0 Å². The third-order valence-corrected chi connectivity index (χ3v) is 4.44. The molecular formula is C22H25NO4. The van der Waals surface area contributed by atoms with Gasteiger partial charge in [0.25, 0.3) is 5.91 Å². The molecule has 3 aromatic rings. The topological polar surface area (TPSA) is 60.7 Å². The third kappa shape index (κ3) is 4.31. The van der Waals surface area contributed by atoms with E-state index in [9.17, 15) is 4.79 Å². The van der Waals surface area contributed by atoms with Gasteiger partial charge in [0.05, 0.1) is 18.2 Å². The molecule has 3 rings (SSSR count). The fourth-order valence-electron chi connectivity index (χ4n) is 3.08. The standard InChI is InChI=1S/C22H25NO4/c1-4-25-13-14-26-19-11-7-6-10-18(19)22(24)23-16(3)21-15(2)17-9-5-8-12-20(17)27-21/h5-12,16H,4,13-14H2,1-3H3,(H,23,24). The Morgan fingerprint density at radius 3 is 2.63 bits per heavy atom. The van der Waals surface area contributed by atoms with E-state index in [0.717, 1.165) is 22.3 Å². The maximum atomic E-state index is 12.8. The molecule has 0 aliphatic rings. The molecule has 0 radical (unpaired) electrons. The van der Waals surface area contributed by atoms with Gasteiger partial charge in [-0.1, -0.05) is 30.3 Å². The fourth-order valence-corrected chi connectivity index (χ4v) is 3.08. The Bertz CT molecular complexity index is 916. The normalized spacial score (nSPS) is 12.1. The quantitative estimate of drug-likeness (QED) is 0.589. The van der Waals surface area contributed by atoms with Crippen molar-refractivity contribution in [2.24, 2.45) is 0 Å². The van der Waals surface area contributed by atoms with E-state index in [2.05, 4.69) is 5.32 Å².